The highest BCUT2D eigenvalue weighted by molar-refractivity contribution is 5.43. The minimum absolute atomic E-state index is 0.0889. The molecule has 0 amide bonds. The topological polar surface area (TPSA) is 36.4 Å². The number of nitrogens with zero attached hydrogens (tertiary/aromatic N) is 2. The fourth-order valence-corrected chi connectivity index (χ4v) is 3.29. The van der Waals surface area contributed by atoms with Crippen LogP contribution in [-0.2, 0) is 6.61 Å². The van der Waals surface area contributed by atoms with Gasteiger partial charge in [-0.1, -0.05) is 27.2 Å². The van der Waals surface area contributed by atoms with Gasteiger partial charge in [0, 0.05) is 18.8 Å². The number of anilines is 1. The van der Waals surface area contributed by atoms with Crippen LogP contribution in [0, 0.1) is 5.92 Å². The predicted molar refractivity (Wildman–Crippen MR) is 88.7 cm³/mol. The smallest absolute Gasteiger partial charge is 0.129 e. The first-order chi connectivity index (χ1) is 10.0. The van der Waals surface area contributed by atoms with Crippen LogP contribution in [0.4, 0.5) is 5.82 Å². The van der Waals surface area contributed by atoms with E-state index in [2.05, 4.69) is 32.7 Å². The van der Waals surface area contributed by atoms with Crippen LogP contribution in [0.5, 0.6) is 0 Å². The van der Waals surface area contributed by atoms with Crippen molar-refractivity contribution >= 4 is 5.82 Å². The normalized spacial score (nSPS) is 22.6. The minimum Gasteiger partial charge on any atom is -0.392 e. The fraction of sp³-hybridized carbons (Fsp3) is 0.722. The van der Waals surface area contributed by atoms with Crippen molar-refractivity contribution in [3.8, 4) is 0 Å². The Morgan fingerprint density at radius 3 is 2.43 bits per heavy atom. The number of hydrogen-bond donors (Lipinski definition) is 1. The Morgan fingerprint density at radius 1 is 1.24 bits per heavy atom. The summed E-state index contributed by atoms with van der Waals surface area (Å²) in [5.74, 6) is 2.32. The van der Waals surface area contributed by atoms with E-state index in [1.807, 2.05) is 12.1 Å². The van der Waals surface area contributed by atoms with Gasteiger partial charge in [0.25, 0.3) is 0 Å². The van der Waals surface area contributed by atoms with E-state index in [9.17, 15) is 5.11 Å². The summed E-state index contributed by atoms with van der Waals surface area (Å²) < 4.78 is 0. The van der Waals surface area contributed by atoms with Gasteiger partial charge in [-0.25, -0.2) is 4.98 Å². The molecule has 118 valence electrons. The van der Waals surface area contributed by atoms with Crippen molar-refractivity contribution < 1.29 is 5.11 Å². The first-order valence-electron chi connectivity index (χ1n) is 8.39. The highest BCUT2D eigenvalue weighted by Crippen LogP contribution is 2.31. The van der Waals surface area contributed by atoms with Gasteiger partial charge in [0.1, 0.15) is 5.82 Å². The van der Waals surface area contributed by atoms with Gasteiger partial charge in [0.2, 0.25) is 0 Å². The Morgan fingerprint density at radius 2 is 1.90 bits per heavy atom. The van der Waals surface area contributed by atoms with E-state index in [0.29, 0.717) is 12.0 Å². The molecule has 1 aliphatic carbocycles. The average Bonchev–Trinajstić information content (AvgIpc) is 2.53. The summed E-state index contributed by atoms with van der Waals surface area (Å²) in [6, 6.07) is 4.66. The molecule has 0 saturated heterocycles. The summed E-state index contributed by atoms with van der Waals surface area (Å²) in [6.07, 6.45) is 6.50. The summed E-state index contributed by atoms with van der Waals surface area (Å²) >= 11 is 0. The molecule has 0 spiro atoms. The largest absolute Gasteiger partial charge is 0.392 e. The van der Waals surface area contributed by atoms with Crippen LogP contribution in [0.15, 0.2) is 12.1 Å². The second kappa shape index (κ2) is 7.26. The Kier molecular flexibility index (Phi) is 5.63. The molecule has 1 aromatic rings. The van der Waals surface area contributed by atoms with Crippen LogP contribution in [0.25, 0.3) is 0 Å². The van der Waals surface area contributed by atoms with Crippen molar-refractivity contribution in [3.05, 3.63) is 23.4 Å². The molecule has 1 N–H and O–H groups in total. The van der Waals surface area contributed by atoms with E-state index >= 15 is 0 Å². The summed E-state index contributed by atoms with van der Waals surface area (Å²) in [6.45, 7) is 6.70. The van der Waals surface area contributed by atoms with Crippen LogP contribution in [-0.4, -0.2) is 23.2 Å². The lowest BCUT2D eigenvalue weighted by atomic mass is 9.84. The highest BCUT2D eigenvalue weighted by Gasteiger charge is 2.24. The van der Waals surface area contributed by atoms with E-state index in [-0.39, 0.29) is 6.61 Å². The van der Waals surface area contributed by atoms with Crippen molar-refractivity contribution in [1.29, 1.82) is 0 Å². The van der Waals surface area contributed by atoms with E-state index in [1.54, 1.807) is 0 Å². The molecule has 0 unspecified atom stereocenters. The van der Waals surface area contributed by atoms with Gasteiger partial charge >= 0.3 is 0 Å². The maximum absolute atomic E-state index is 9.48. The van der Waals surface area contributed by atoms with Gasteiger partial charge < -0.3 is 10.0 Å². The van der Waals surface area contributed by atoms with E-state index < -0.39 is 0 Å². The fourth-order valence-electron chi connectivity index (χ4n) is 3.29. The molecule has 0 atom stereocenters. The molecule has 1 fully saturated rings. The third-order valence-electron chi connectivity index (χ3n) is 4.97. The molecule has 2 rings (SSSR count). The maximum atomic E-state index is 9.48. The molecular formula is C18H30N2O. The minimum atomic E-state index is 0.0889. The summed E-state index contributed by atoms with van der Waals surface area (Å²) in [7, 11) is 2.16. The van der Waals surface area contributed by atoms with Gasteiger partial charge in [0.15, 0.2) is 0 Å². The zero-order chi connectivity index (χ0) is 15.4. The van der Waals surface area contributed by atoms with Crippen molar-refractivity contribution in [2.24, 2.45) is 5.92 Å². The highest BCUT2D eigenvalue weighted by atomic mass is 16.3. The zero-order valence-corrected chi connectivity index (χ0v) is 14.0. The lowest BCUT2D eigenvalue weighted by Crippen LogP contribution is -2.35. The first-order valence-corrected chi connectivity index (χ1v) is 8.39. The van der Waals surface area contributed by atoms with E-state index in [1.165, 1.54) is 32.1 Å². The van der Waals surface area contributed by atoms with E-state index in [4.69, 9.17) is 4.98 Å². The Hall–Kier alpha value is -1.09. The molecule has 1 aromatic heterocycles. The first kappa shape index (κ1) is 16.3. The Bertz CT molecular complexity index is 451. The van der Waals surface area contributed by atoms with Crippen LogP contribution < -0.4 is 4.90 Å². The summed E-state index contributed by atoms with van der Waals surface area (Å²) in [5.41, 5.74) is 2.04. The molecular weight excluding hydrogens is 260 g/mol. The number of pyridine rings is 1. The Balaban J connectivity index is 2.15. The van der Waals surface area contributed by atoms with Crippen molar-refractivity contribution in [1.82, 2.24) is 4.98 Å². The van der Waals surface area contributed by atoms with Gasteiger partial charge in [-0.05, 0) is 55.2 Å². The molecule has 3 nitrogen and oxygen atoms in total. The van der Waals surface area contributed by atoms with Gasteiger partial charge in [0.05, 0.1) is 6.61 Å². The number of aromatic nitrogens is 1. The van der Waals surface area contributed by atoms with Crippen LogP contribution in [0.1, 0.15) is 70.1 Å². The molecule has 1 heterocycles. The SMILES string of the molecule is CCC1CCC(N(C)c2cc(CO)cc(C(C)C)n2)CC1. The third kappa shape index (κ3) is 3.97. The monoisotopic (exact) mass is 290 g/mol. The van der Waals surface area contributed by atoms with Gasteiger partial charge in [-0.2, -0.15) is 0 Å². The number of aliphatic hydroxyl groups is 1. The number of aliphatic hydroxyl groups excluding tert-OH is 1. The van der Waals surface area contributed by atoms with Crippen LogP contribution >= 0.6 is 0 Å². The quantitative estimate of drug-likeness (QED) is 0.887. The molecule has 1 aliphatic rings. The summed E-state index contributed by atoms with van der Waals surface area (Å²) in [5, 5.41) is 9.48. The molecule has 21 heavy (non-hydrogen) atoms. The Labute approximate surface area is 129 Å². The van der Waals surface area contributed by atoms with Crippen molar-refractivity contribution in [2.45, 2.75) is 71.4 Å². The van der Waals surface area contributed by atoms with Crippen LogP contribution in [0.3, 0.4) is 0 Å². The van der Waals surface area contributed by atoms with Crippen molar-refractivity contribution in [3.63, 3.8) is 0 Å². The standard InChI is InChI=1S/C18H30N2O/c1-5-14-6-8-16(9-7-14)20(4)18-11-15(12-21)10-17(19-18)13(2)3/h10-11,13-14,16,21H,5-9,12H2,1-4H3. The average molecular weight is 290 g/mol. The van der Waals surface area contributed by atoms with Gasteiger partial charge in [-0.15, -0.1) is 0 Å². The number of rotatable bonds is 5. The lowest BCUT2D eigenvalue weighted by molar-refractivity contribution is 0.281. The summed E-state index contributed by atoms with van der Waals surface area (Å²) in [4.78, 5) is 7.14. The molecule has 3 heteroatoms. The molecule has 0 bridgehead atoms. The van der Waals surface area contributed by atoms with Gasteiger partial charge in [-0.3, -0.25) is 0 Å². The lowest BCUT2D eigenvalue weighted by Gasteiger charge is -2.35. The second-order valence-electron chi connectivity index (χ2n) is 6.76. The second-order valence-corrected chi connectivity index (χ2v) is 6.76. The molecule has 0 radical (unpaired) electrons. The number of hydrogen-bond acceptors (Lipinski definition) is 3. The zero-order valence-electron chi connectivity index (χ0n) is 14.0. The predicted octanol–water partition coefficient (Wildman–Crippen LogP) is 4.10. The van der Waals surface area contributed by atoms with Crippen LogP contribution in [0.2, 0.25) is 0 Å². The van der Waals surface area contributed by atoms with Crippen molar-refractivity contribution in [2.75, 3.05) is 11.9 Å². The third-order valence-corrected chi connectivity index (χ3v) is 4.97. The molecule has 1 saturated carbocycles. The molecule has 0 aliphatic heterocycles. The maximum Gasteiger partial charge on any atom is 0.129 e. The van der Waals surface area contributed by atoms with E-state index in [0.717, 1.165) is 23.0 Å². The molecule has 0 aromatic carbocycles.